The van der Waals surface area contributed by atoms with Crippen molar-refractivity contribution in [3.05, 3.63) is 84.3 Å². The summed E-state index contributed by atoms with van der Waals surface area (Å²) in [7, 11) is 2.32. The molecule has 1 fully saturated rings. The number of aryl methyl sites for hydroxylation is 1. The molecule has 4 aromatic rings. The van der Waals surface area contributed by atoms with Crippen molar-refractivity contribution in [1.82, 2.24) is 19.9 Å². The molecule has 0 spiro atoms. The van der Waals surface area contributed by atoms with Gasteiger partial charge in [0, 0.05) is 49.3 Å². The van der Waals surface area contributed by atoms with E-state index in [1.54, 1.807) is 10.7 Å². The minimum Gasteiger partial charge on any atom is -0.352 e. The van der Waals surface area contributed by atoms with Crippen molar-refractivity contribution in [3.63, 3.8) is 0 Å². The fourth-order valence-electron chi connectivity index (χ4n) is 5.32. The van der Waals surface area contributed by atoms with E-state index in [4.69, 9.17) is 4.98 Å². The summed E-state index contributed by atoms with van der Waals surface area (Å²) in [5.41, 5.74) is 7.62. The van der Waals surface area contributed by atoms with Crippen molar-refractivity contribution in [3.8, 4) is 22.4 Å². The number of hydrogen-bond donors (Lipinski definition) is 1. The predicted molar refractivity (Wildman–Crippen MR) is 146 cm³/mol. The van der Waals surface area contributed by atoms with Crippen LogP contribution in [0.25, 0.3) is 34.0 Å². The number of fused-ring (bicyclic) bond motifs is 1. The number of pyridine rings is 2. The lowest BCUT2D eigenvalue weighted by molar-refractivity contribution is -0.897. The van der Waals surface area contributed by atoms with Crippen LogP contribution in [0, 0.1) is 6.92 Å². The van der Waals surface area contributed by atoms with Crippen molar-refractivity contribution < 1.29 is 9.28 Å². The molecule has 0 atom stereocenters. The van der Waals surface area contributed by atoms with Gasteiger partial charge in [0.1, 0.15) is 0 Å². The minimum atomic E-state index is -0.0757. The fourth-order valence-corrected chi connectivity index (χ4v) is 5.32. The molecule has 1 N–H and O–H groups in total. The summed E-state index contributed by atoms with van der Waals surface area (Å²) in [6, 6.07) is 14.4. The summed E-state index contributed by atoms with van der Waals surface area (Å²) in [4.78, 5) is 17.7. The van der Waals surface area contributed by atoms with Gasteiger partial charge in [-0.05, 0) is 47.9 Å². The highest BCUT2D eigenvalue weighted by Crippen LogP contribution is 2.32. The number of carbonyl (C=O) groups is 1. The van der Waals surface area contributed by atoms with Crippen LogP contribution < -0.4 is 5.32 Å². The maximum Gasteiger partial charge on any atom is 0.255 e. The first-order valence-electron chi connectivity index (χ1n) is 12.8. The van der Waals surface area contributed by atoms with Crippen LogP contribution in [0.3, 0.4) is 0 Å². The van der Waals surface area contributed by atoms with Crippen LogP contribution in [0.4, 0.5) is 0 Å². The normalized spacial score (nSPS) is 14.7. The van der Waals surface area contributed by atoms with E-state index in [-0.39, 0.29) is 5.91 Å². The molecule has 0 radical (unpaired) electrons. The minimum absolute atomic E-state index is 0.0757. The van der Waals surface area contributed by atoms with E-state index >= 15 is 0 Å². The molecule has 0 bridgehead atoms. The summed E-state index contributed by atoms with van der Waals surface area (Å²) >= 11 is 0. The van der Waals surface area contributed by atoms with Gasteiger partial charge in [0.25, 0.3) is 5.91 Å². The van der Waals surface area contributed by atoms with Crippen LogP contribution >= 0.6 is 0 Å². The molecular weight excluding hydrogens is 446 g/mol. The molecule has 0 unspecified atom stereocenters. The zero-order valence-electron chi connectivity index (χ0n) is 21.2. The van der Waals surface area contributed by atoms with Crippen LogP contribution in [0.1, 0.15) is 40.7 Å². The van der Waals surface area contributed by atoms with Crippen LogP contribution in [-0.2, 0) is 0 Å². The Hall–Kier alpha value is -3.77. The Morgan fingerprint density at radius 2 is 2.00 bits per heavy atom. The highest BCUT2D eigenvalue weighted by atomic mass is 16.1. The SMILES string of the molecule is C=Cc1ccc(-c2ncccc2-c2ccn3ncc(C(=O)NCCC[N+]4(C)CCCC4)c3c2)cc1C. The molecule has 1 saturated heterocycles. The lowest BCUT2D eigenvalue weighted by atomic mass is 9.97. The molecule has 0 aliphatic carbocycles. The lowest BCUT2D eigenvalue weighted by Crippen LogP contribution is -2.42. The van der Waals surface area contributed by atoms with Crippen molar-refractivity contribution >= 4 is 17.5 Å². The first-order chi connectivity index (χ1) is 17.5. The Balaban J connectivity index is 1.38. The van der Waals surface area contributed by atoms with Gasteiger partial charge in [-0.1, -0.05) is 30.9 Å². The van der Waals surface area contributed by atoms with Crippen molar-refractivity contribution in [2.45, 2.75) is 26.2 Å². The molecule has 6 heteroatoms. The predicted octanol–water partition coefficient (Wildman–Crippen LogP) is 5.38. The number of amides is 1. The largest absolute Gasteiger partial charge is 0.352 e. The molecule has 3 aromatic heterocycles. The van der Waals surface area contributed by atoms with E-state index in [2.05, 4.69) is 55.2 Å². The molecular formula is C30H34N5O+. The average molecular weight is 481 g/mol. The molecule has 4 heterocycles. The van der Waals surface area contributed by atoms with Crippen molar-refractivity contribution in [2.24, 2.45) is 0 Å². The van der Waals surface area contributed by atoms with Gasteiger partial charge in [-0.15, -0.1) is 0 Å². The van der Waals surface area contributed by atoms with E-state index in [1.165, 1.54) is 25.9 Å². The third-order valence-electron chi connectivity index (χ3n) is 7.45. The average Bonchev–Trinajstić information content (AvgIpc) is 3.52. The third kappa shape index (κ3) is 4.82. The van der Waals surface area contributed by atoms with Gasteiger partial charge in [-0.25, -0.2) is 4.52 Å². The maximum atomic E-state index is 13.0. The quantitative estimate of drug-likeness (QED) is 0.272. The Bertz CT molecular complexity index is 1410. The van der Waals surface area contributed by atoms with Gasteiger partial charge < -0.3 is 9.80 Å². The number of rotatable bonds is 8. The van der Waals surface area contributed by atoms with Gasteiger partial charge in [0.05, 0.1) is 49.7 Å². The van der Waals surface area contributed by atoms with Crippen LogP contribution in [0.5, 0.6) is 0 Å². The monoisotopic (exact) mass is 480 g/mol. The number of aromatic nitrogens is 3. The molecule has 6 nitrogen and oxygen atoms in total. The van der Waals surface area contributed by atoms with Crippen molar-refractivity contribution in [1.29, 1.82) is 0 Å². The number of nitrogens with one attached hydrogen (secondary N) is 1. The number of nitrogens with zero attached hydrogens (tertiary/aromatic N) is 4. The molecule has 36 heavy (non-hydrogen) atoms. The van der Waals surface area contributed by atoms with Gasteiger partial charge >= 0.3 is 0 Å². The zero-order chi connectivity index (χ0) is 25.1. The van der Waals surface area contributed by atoms with Gasteiger partial charge in [-0.2, -0.15) is 5.10 Å². The van der Waals surface area contributed by atoms with Gasteiger partial charge in [-0.3, -0.25) is 9.78 Å². The summed E-state index contributed by atoms with van der Waals surface area (Å²) < 4.78 is 2.88. The highest BCUT2D eigenvalue weighted by molar-refractivity contribution is 6.01. The van der Waals surface area contributed by atoms with Gasteiger partial charge in [0.2, 0.25) is 0 Å². The third-order valence-corrected chi connectivity index (χ3v) is 7.45. The molecule has 184 valence electrons. The fraction of sp³-hybridized carbons (Fsp3) is 0.300. The Morgan fingerprint density at radius 1 is 1.17 bits per heavy atom. The topological polar surface area (TPSA) is 59.3 Å². The summed E-state index contributed by atoms with van der Waals surface area (Å²) in [6.45, 7) is 10.3. The van der Waals surface area contributed by atoms with Crippen LogP contribution in [-0.4, -0.2) is 58.2 Å². The van der Waals surface area contributed by atoms with E-state index in [0.717, 1.165) is 56.5 Å². The molecule has 1 amide bonds. The van der Waals surface area contributed by atoms with Crippen LogP contribution in [0.2, 0.25) is 0 Å². The second kappa shape index (κ2) is 10.1. The number of likely N-dealkylation sites (tertiary alicyclic amines) is 1. The molecule has 1 aromatic carbocycles. The second-order valence-electron chi connectivity index (χ2n) is 10.1. The van der Waals surface area contributed by atoms with Crippen molar-refractivity contribution in [2.75, 3.05) is 33.2 Å². The molecule has 5 rings (SSSR count). The van der Waals surface area contributed by atoms with Gasteiger partial charge in [0.15, 0.2) is 0 Å². The first-order valence-corrected chi connectivity index (χ1v) is 12.8. The number of hydrogen-bond acceptors (Lipinski definition) is 3. The first kappa shape index (κ1) is 23.9. The lowest BCUT2D eigenvalue weighted by Gasteiger charge is -2.29. The molecule has 1 aliphatic rings. The van der Waals surface area contributed by atoms with E-state index in [0.29, 0.717) is 12.1 Å². The highest BCUT2D eigenvalue weighted by Gasteiger charge is 2.26. The Labute approximate surface area is 212 Å². The molecule has 0 saturated carbocycles. The summed E-state index contributed by atoms with van der Waals surface area (Å²) in [6.07, 6.45) is 10.9. The van der Waals surface area contributed by atoms with E-state index < -0.39 is 0 Å². The number of benzene rings is 1. The summed E-state index contributed by atoms with van der Waals surface area (Å²) in [5, 5.41) is 7.53. The Morgan fingerprint density at radius 3 is 2.78 bits per heavy atom. The summed E-state index contributed by atoms with van der Waals surface area (Å²) in [5.74, 6) is -0.0757. The molecule has 1 aliphatic heterocycles. The smallest absolute Gasteiger partial charge is 0.255 e. The maximum absolute atomic E-state index is 13.0. The van der Waals surface area contributed by atoms with Crippen LogP contribution in [0.15, 0.2) is 67.6 Å². The van der Waals surface area contributed by atoms with E-state index in [1.807, 2.05) is 36.7 Å². The number of carbonyl (C=O) groups excluding carboxylic acids is 1. The second-order valence-corrected chi connectivity index (χ2v) is 10.1. The Kier molecular flexibility index (Phi) is 6.70. The standard InChI is InChI=1S/C30H33N5O/c1-4-23-10-11-25(19-22(23)2)29-26(9-7-13-31-29)24-12-15-34-28(20-24)27(21-33-34)30(36)32-14-8-18-35(3)16-5-6-17-35/h4,7,9-13,15,19-21H,1,5-6,8,14,16-18H2,2-3H3/p+1. The zero-order valence-corrected chi connectivity index (χ0v) is 21.2. The number of quaternary nitrogens is 1. The van der Waals surface area contributed by atoms with E-state index in [9.17, 15) is 4.79 Å².